The van der Waals surface area contributed by atoms with Gasteiger partial charge in [0, 0.05) is 29.8 Å². The molecule has 94 valence electrons. The molecule has 1 aliphatic rings. The van der Waals surface area contributed by atoms with Crippen molar-refractivity contribution < 1.29 is 0 Å². The van der Waals surface area contributed by atoms with Crippen molar-refractivity contribution in [3.05, 3.63) is 28.8 Å². The molecule has 0 bridgehead atoms. The predicted octanol–water partition coefficient (Wildman–Crippen LogP) is 3.29. The van der Waals surface area contributed by atoms with Gasteiger partial charge in [-0.2, -0.15) is 0 Å². The standard InChI is InChI=1S/C14H21ClN2/c1-10-6-11(2)17(9-10)14-7-13(15)5-4-12(14)8-16-3/h4-5,7,10-11,16H,6,8-9H2,1-3H3. The second kappa shape index (κ2) is 5.28. The summed E-state index contributed by atoms with van der Waals surface area (Å²) >= 11 is 6.13. The van der Waals surface area contributed by atoms with E-state index >= 15 is 0 Å². The van der Waals surface area contributed by atoms with Gasteiger partial charge in [0.25, 0.3) is 0 Å². The van der Waals surface area contributed by atoms with Crippen LogP contribution in [0.25, 0.3) is 0 Å². The first kappa shape index (κ1) is 12.7. The number of rotatable bonds is 3. The van der Waals surface area contributed by atoms with Crippen LogP contribution in [-0.4, -0.2) is 19.6 Å². The molecule has 0 radical (unpaired) electrons. The molecule has 1 saturated heterocycles. The van der Waals surface area contributed by atoms with Gasteiger partial charge < -0.3 is 10.2 Å². The van der Waals surface area contributed by atoms with Crippen LogP contribution in [0.1, 0.15) is 25.8 Å². The summed E-state index contributed by atoms with van der Waals surface area (Å²) in [5.41, 5.74) is 2.63. The van der Waals surface area contributed by atoms with Crippen molar-refractivity contribution in [2.45, 2.75) is 32.9 Å². The van der Waals surface area contributed by atoms with E-state index in [2.05, 4.69) is 36.2 Å². The lowest BCUT2D eigenvalue weighted by Crippen LogP contribution is -2.28. The Kier molecular flexibility index (Phi) is 3.95. The summed E-state index contributed by atoms with van der Waals surface area (Å²) in [6, 6.07) is 6.81. The maximum atomic E-state index is 6.13. The highest BCUT2D eigenvalue weighted by atomic mass is 35.5. The van der Waals surface area contributed by atoms with Gasteiger partial charge in [0.05, 0.1) is 0 Å². The van der Waals surface area contributed by atoms with E-state index in [9.17, 15) is 0 Å². The first-order chi connectivity index (χ1) is 8.11. The van der Waals surface area contributed by atoms with Crippen molar-refractivity contribution in [2.24, 2.45) is 5.92 Å². The largest absolute Gasteiger partial charge is 0.368 e. The van der Waals surface area contributed by atoms with Crippen LogP contribution in [0.4, 0.5) is 5.69 Å². The molecule has 3 heteroatoms. The van der Waals surface area contributed by atoms with E-state index in [1.165, 1.54) is 17.7 Å². The van der Waals surface area contributed by atoms with Gasteiger partial charge in [-0.1, -0.05) is 24.6 Å². The molecule has 1 aliphatic heterocycles. The lowest BCUT2D eigenvalue weighted by Gasteiger charge is -2.27. The summed E-state index contributed by atoms with van der Waals surface area (Å²) in [5, 5.41) is 4.05. The van der Waals surface area contributed by atoms with Crippen LogP contribution >= 0.6 is 11.6 Å². The normalized spacial score (nSPS) is 24.4. The molecule has 0 amide bonds. The van der Waals surface area contributed by atoms with Gasteiger partial charge in [0.15, 0.2) is 0 Å². The van der Waals surface area contributed by atoms with Crippen LogP contribution in [0, 0.1) is 5.92 Å². The number of hydrogen-bond acceptors (Lipinski definition) is 2. The molecular weight excluding hydrogens is 232 g/mol. The van der Waals surface area contributed by atoms with Gasteiger partial charge in [-0.3, -0.25) is 0 Å². The number of nitrogens with zero attached hydrogens (tertiary/aromatic N) is 1. The number of benzene rings is 1. The van der Waals surface area contributed by atoms with Crippen LogP contribution in [-0.2, 0) is 6.54 Å². The molecule has 1 fully saturated rings. The van der Waals surface area contributed by atoms with Gasteiger partial charge in [-0.25, -0.2) is 0 Å². The summed E-state index contributed by atoms with van der Waals surface area (Å²) in [6.07, 6.45) is 1.27. The van der Waals surface area contributed by atoms with Crippen LogP contribution < -0.4 is 10.2 Å². The van der Waals surface area contributed by atoms with Crippen molar-refractivity contribution in [1.29, 1.82) is 0 Å². The molecule has 1 aromatic rings. The first-order valence-electron chi connectivity index (χ1n) is 6.31. The van der Waals surface area contributed by atoms with E-state index in [0.29, 0.717) is 6.04 Å². The summed E-state index contributed by atoms with van der Waals surface area (Å²) in [4.78, 5) is 2.49. The molecule has 2 nitrogen and oxygen atoms in total. The van der Waals surface area contributed by atoms with Gasteiger partial charge in [0.2, 0.25) is 0 Å². The molecule has 1 N–H and O–H groups in total. The Morgan fingerprint density at radius 2 is 2.18 bits per heavy atom. The number of halogens is 1. The average molecular weight is 253 g/mol. The van der Waals surface area contributed by atoms with Crippen LogP contribution in [0.15, 0.2) is 18.2 Å². The topological polar surface area (TPSA) is 15.3 Å². The Labute approximate surface area is 109 Å². The fourth-order valence-corrected chi connectivity index (χ4v) is 2.95. The van der Waals surface area contributed by atoms with E-state index < -0.39 is 0 Å². The molecular formula is C14H21ClN2. The van der Waals surface area contributed by atoms with E-state index in [0.717, 1.165) is 24.0 Å². The van der Waals surface area contributed by atoms with Crippen molar-refractivity contribution in [1.82, 2.24) is 5.32 Å². The van der Waals surface area contributed by atoms with E-state index in [4.69, 9.17) is 11.6 Å². The Hall–Kier alpha value is -0.730. The molecule has 1 heterocycles. The van der Waals surface area contributed by atoms with Crippen molar-refractivity contribution in [3.8, 4) is 0 Å². The predicted molar refractivity (Wildman–Crippen MR) is 74.8 cm³/mol. The lowest BCUT2D eigenvalue weighted by atomic mass is 10.1. The number of hydrogen-bond donors (Lipinski definition) is 1. The monoisotopic (exact) mass is 252 g/mol. The summed E-state index contributed by atoms with van der Waals surface area (Å²) < 4.78 is 0. The smallest absolute Gasteiger partial charge is 0.0429 e. The van der Waals surface area contributed by atoms with Crippen LogP contribution in [0.3, 0.4) is 0 Å². The summed E-state index contributed by atoms with van der Waals surface area (Å²) in [5.74, 6) is 0.770. The molecule has 2 atom stereocenters. The maximum absolute atomic E-state index is 6.13. The molecule has 1 aromatic carbocycles. The van der Waals surface area contributed by atoms with Crippen molar-refractivity contribution in [3.63, 3.8) is 0 Å². The zero-order valence-corrected chi connectivity index (χ0v) is 11.6. The fraction of sp³-hybridized carbons (Fsp3) is 0.571. The van der Waals surface area contributed by atoms with E-state index in [1.54, 1.807) is 0 Å². The maximum Gasteiger partial charge on any atom is 0.0429 e. The second-order valence-corrected chi connectivity index (χ2v) is 5.58. The zero-order valence-electron chi connectivity index (χ0n) is 10.8. The van der Waals surface area contributed by atoms with E-state index in [-0.39, 0.29) is 0 Å². The Balaban J connectivity index is 2.32. The molecule has 0 aliphatic carbocycles. The minimum Gasteiger partial charge on any atom is -0.368 e. The molecule has 2 rings (SSSR count). The highest BCUT2D eigenvalue weighted by Crippen LogP contribution is 2.33. The average Bonchev–Trinajstić information content (AvgIpc) is 2.61. The SMILES string of the molecule is CNCc1ccc(Cl)cc1N1CC(C)CC1C. The third-order valence-corrected chi connectivity index (χ3v) is 3.74. The Morgan fingerprint density at radius 3 is 2.76 bits per heavy atom. The quantitative estimate of drug-likeness (QED) is 0.888. The van der Waals surface area contributed by atoms with Crippen molar-refractivity contribution in [2.75, 3.05) is 18.5 Å². The minimum atomic E-state index is 0.610. The molecule has 0 aromatic heterocycles. The molecule has 0 spiro atoms. The van der Waals surface area contributed by atoms with Crippen LogP contribution in [0.5, 0.6) is 0 Å². The Morgan fingerprint density at radius 1 is 1.41 bits per heavy atom. The van der Waals surface area contributed by atoms with E-state index in [1.807, 2.05) is 13.1 Å². The molecule has 2 unspecified atom stereocenters. The van der Waals surface area contributed by atoms with Gasteiger partial charge >= 0.3 is 0 Å². The lowest BCUT2D eigenvalue weighted by molar-refractivity contribution is 0.625. The van der Waals surface area contributed by atoms with Gasteiger partial charge in [-0.15, -0.1) is 0 Å². The number of nitrogens with one attached hydrogen (secondary N) is 1. The minimum absolute atomic E-state index is 0.610. The highest BCUT2D eigenvalue weighted by Gasteiger charge is 2.27. The highest BCUT2D eigenvalue weighted by molar-refractivity contribution is 6.30. The van der Waals surface area contributed by atoms with Crippen molar-refractivity contribution >= 4 is 17.3 Å². The molecule has 17 heavy (non-hydrogen) atoms. The number of anilines is 1. The second-order valence-electron chi connectivity index (χ2n) is 5.15. The Bertz CT molecular complexity index is 392. The van der Waals surface area contributed by atoms with Gasteiger partial charge in [-0.05, 0) is 44.0 Å². The summed E-state index contributed by atoms with van der Waals surface area (Å²) in [7, 11) is 1.98. The fourth-order valence-electron chi connectivity index (χ4n) is 2.78. The van der Waals surface area contributed by atoms with Crippen LogP contribution in [0.2, 0.25) is 5.02 Å². The third kappa shape index (κ3) is 2.75. The summed E-state index contributed by atoms with van der Waals surface area (Å²) in [6.45, 7) is 6.65. The molecule has 0 saturated carbocycles. The van der Waals surface area contributed by atoms with Gasteiger partial charge in [0.1, 0.15) is 0 Å². The third-order valence-electron chi connectivity index (χ3n) is 3.51. The zero-order chi connectivity index (χ0) is 12.4. The first-order valence-corrected chi connectivity index (χ1v) is 6.69.